The van der Waals surface area contributed by atoms with Crippen LogP contribution in [0.3, 0.4) is 0 Å². The van der Waals surface area contributed by atoms with Crippen molar-refractivity contribution in [1.82, 2.24) is 24.6 Å². The van der Waals surface area contributed by atoms with Gasteiger partial charge in [-0.2, -0.15) is 10.4 Å². The third-order valence-corrected chi connectivity index (χ3v) is 4.99. The summed E-state index contributed by atoms with van der Waals surface area (Å²) in [5.74, 6) is 0. The lowest BCUT2D eigenvalue weighted by atomic mass is 10.1. The number of nitriles is 1. The molecule has 1 aliphatic heterocycles. The molecule has 1 N–H and O–H groups in total. The second kappa shape index (κ2) is 7.47. The molecule has 4 rings (SSSR count). The molecular weight excluding hydrogens is 370 g/mol. The SMILES string of the molecule is CC(C)OC(=O)N1CCN(c2ccnc3[nH]c(-c4cnn(C)c4)c(C#N)c23)CC1. The molecule has 4 heterocycles. The second-order valence-electron chi connectivity index (χ2n) is 7.35. The highest BCUT2D eigenvalue weighted by Crippen LogP contribution is 2.35. The van der Waals surface area contributed by atoms with Crippen LogP contribution in [-0.2, 0) is 11.8 Å². The first-order valence-electron chi connectivity index (χ1n) is 9.58. The first-order chi connectivity index (χ1) is 14.0. The fourth-order valence-electron chi connectivity index (χ4n) is 3.65. The van der Waals surface area contributed by atoms with Gasteiger partial charge in [0.15, 0.2) is 0 Å². The Balaban J connectivity index is 1.65. The Morgan fingerprint density at radius 1 is 1.31 bits per heavy atom. The van der Waals surface area contributed by atoms with Gasteiger partial charge in [0.1, 0.15) is 11.7 Å². The van der Waals surface area contributed by atoms with Crippen molar-refractivity contribution >= 4 is 22.8 Å². The number of piperazine rings is 1. The first-order valence-corrected chi connectivity index (χ1v) is 9.58. The van der Waals surface area contributed by atoms with E-state index in [1.807, 2.05) is 33.2 Å². The number of pyridine rings is 1. The van der Waals surface area contributed by atoms with Gasteiger partial charge in [0.2, 0.25) is 0 Å². The van der Waals surface area contributed by atoms with Crippen LogP contribution in [0.15, 0.2) is 24.7 Å². The molecule has 0 radical (unpaired) electrons. The normalized spacial score (nSPS) is 14.4. The Hall–Kier alpha value is -3.54. The number of nitrogens with zero attached hydrogens (tertiary/aromatic N) is 6. The van der Waals surface area contributed by atoms with Gasteiger partial charge in [-0.15, -0.1) is 0 Å². The molecule has 150 valence electrons. The van der Waals surface area contributed by atoms with Crippen LogP contribution in [0.25, 0.3) is 22.3 Å². The molecule has 9 heteroatoms. The molecule has 0 saturated carbocycles. The maximum absolute atomic E-state index is 12.1. The van der Waals surface area contributed by atoms with E-state index < -0.39 is 0 Å². The van der Waals surface area contributed by atoms with Crippen LogP contribution in [0, 0.1) is 11.3 Å². The summed E-state index contributed by atoms with van der Waals surface area (Å²) in [7, 11) is 1.84. The number of aromatic amines is 1. The van der Waals surface area contributed by atoms with E-state index in [2.05, 4.69) is 26.0 Å². The number of ether oxygens (including phenoxy) is 1. The van der Waals surface area contributed by atoms with Crippen LogP contribution >= 0.6 is 0 Å². The van der Waals surface area contributed by atoms with Crippen LogP contribution in [-0.4, -0.2) is 63.0 Å². The minimum absolute atomic E-state index is 0.135. The quantitative estimate of drug-likeness (QED) is 0.733. The molecule has 29 heavy (non-hydrogen) atoms. The van der Waals surface area contributed by atoms with Crippen LogP contribution in [0.5, 0.6) is 0 Å². The van der Waals surface area contributed by atoms with E-state index in [-0.39, 0.29) is 12.2 Å². The van der Waals surface area contributed by atoms with Gasteiger partial charge in [-0.05, 0) is 19.9 Å². The summed E-state index contributed by atoms with van der Waals surface area (Å²) in [6.45, 7) is 6.14. The lowest BCUT2D eigenvalue weighted by molar-refractivity contribution is 0.0751. The van der Waals surface area contributed by atoms with Crippen LogP contribution in [0.4, 0.5) is 10.5 Å². The zero-order chi connectivity index (χ0) is 20.5. The van der Waals surface area contributed by atoms with E-state index in [1.165, 1.54) is 0 Å². The van der Waals surface area contributed by atoms with Crippen molar-refractivity contribution in [2.45, 2.75) is 20.0 Å². The van der Waals surface area contributed by atoms with Crippen molar-refractivity contribution in [3.63, 3.8) is 0 Å². The molecular formula is C20H23N7O2. The number of fused-ring (bicyclic) bond motifs is 1. The highest BCUT2D eigenvalue weighted by molar-refractivity contribution is 6.00. The number of aromatic nitrogens is 4. The van der Waals surface area contributed by atoms with Crippen LogP contribution < -0.4 is 4.90 Å². The molecule has 0 bridgehead atoms. The van der Waals surface area contributed by atoms with Crippen molar-refractivity contribution in [3.8, 4) is 17.3 Å². The summed E-state index contributed by atoms with van der Waals surface area (Å²) in [6.07, 6.45) is 4.91. The Kier molecular flexibility index (Phi) is 4.84. The van der Waals surface area contributed by atoms with E-state index in [4.69, 9.17) is 4.74 Å². The maximum atomic E-state index is 12.1. The topological polar surface area (TPSA) is 103 Å². The monoisotopic (exact) mass is 393 g/mol. The van der Waals surface area contributed by atoms with Gasteiger partial charge in [-0.25, -0.2) is 9.78 Å². The number of hydrogen-bond donors (Lipinski definition) is 1. The van der Waals surface area contributed by atoms with Crippen molar-refractivity contribution in [2.24, 2.45) is 7.05 Å². The van der Waals surface area contributed by atoms with Gasteiger partial charge in [-0.3, -0.25) is 4.68 Å². The minimum atomic E-state index is -0.280. The molecule has 3 aromatic heterocycles. The average molecular weight is 393 g/mol. The standard InChI is InChI=1S/C20H23N7O2/c1-13(2)29-20(28)27-8-6-26(7-9-27)16-4-5-22-19-17(16)15(10-21)18(24-19)14-11-23-25(3)12-14/h4-5,11-13H,6-9H2,1-3H3,(H,22,24). The lowest BCUT2D eigenvalue weighted by Crippen LogP contribution is -2.49. The summed E-state index contributed by atoms with van der Waals surface area (Å²) in [4.78, 5) is 23.8. The number of carbonyl (C=O) groups is 1. The van der Waals surface area contributed by atoms with Crippen LogP contribution in [0.2, 0.25) is 0 Å². The van der Waals surface area contributed by atoms with E-state index in [1.54, 1.807) is 22.0 Å². The highest BCUT2D eigenvalue weighted by Gasteiger charge is 2.26. The zero-order valence-electron chi connectivity index (χ0n) is 16.7. The van der Waals surface area contributed by atoms with Gasteiger partial charge in [0.05, 0.1) is 34.6 Å². The fraction of sp³-hybridized carbons (Fsp3) is 0.400. The molecule has 0 aromatic carbocycles. The summed E-state index contributed by atoms with van der Waals surface area (Å²) in [6, 6.07) is 4.26. The maximum Gasteiger partial charge on any atom is 0.410 e. The summed E-state index contributed by atoms with van der Waals surface area (Å²) < 4.78 is 6.99. The summed E-state index contributed by atoms with van der Waals surface area (Å²) in [5, 5.41) is 14.9. The largest absolute Gasteiger partial charge is 0.447 e. The molecule has 1 fully saturated rings. The minimum Gasteiger partial charge on any atom is -0.447 e. The smallest absolute Gasteiger partial charge is 0.410 e. The predicted molar refractivity (Wildman–Crippen MR) is 108 cm³/mol. The van der Waals surface area contributed by atoms with Crippen molar-refractivity contribution in [1.29, 1.82) is 5.26 Å². The number of hydrogen-bond acceptors (Lipinski definition) is 6. The van der Waals surface area contributed by atoms with Crippen LogP contribution in [0.1, 0.15) is 19.4 Å². The first kappa shape index (κ1) is 18.8. The Labute approximate surface area is 168 Å². The number of anilines is 1. The predicted octanol–water partition coefficient (Wildman–Crippen LogP) is 2.50. The average Bonchev–Trinajstić information content (AvgIpc) is 3.30. The Morgan fingerprint density at radius 3 is 2.69 bits per heavy atom. The van der Waals surface area contributed by atoms with Crippen molar-refractivity contribution in [3.05, 3.63) is 30.2 Å². The molecule has 0 unspecified atom stereocenters. The Morgan fingerprint density at radius 2 is 2.07 bits per heavy atom. The Bertz CT molecular complexity index is 1080. The molecule has 0 spiro atoms. The molecule has 3 aromatic rings. The highest BCUT2D eigenvalue weighted by atomic mass is 16.6. The fourth-order valence-corrected chi connectivity index (χ4v) is 3.65. The molecule has 0 atom stereocenters. The van der Waals surface area contributed by atoms with E-state index in [0.29, 0.717) is 37.4 Å². The van der Waals surface area contributed by atoms with E-state index >= 15 is 0 Å². The number of aryl methyl sites for hydroxylation is 1. The second-order valence-corrected chi connectivity index (χ2v) is 7.35. The van der Waals surface area contributed by atoms with Gasteiger partial charge < -0.3 is 19.5 Å². The third kappa shape index (κ3) is 3.49. The van der Waals surface area contributed by atoms with Gasteiger partial charge >= 0.3 is 6.09 Å². The van der Waals surface area contributed by atoms with Crippen molar-refractivity contribution in [2.75, 3.05) is 31.1 Å². The number of rotatable bonds is 3. The summed E-state index contributed by atoms with van der Waals surface area (Å²) >= 11 is 0. The number of nitrogens with one attached hydrogen (secondary N) is 1. The number of carbonyl (C=O) groups excluding carboxylic acids is 1. The van der Waals surface area contributed by atoms with E-state index in [9.17, 15) is 10.1 Å². The molecule has 0 aliphatic carbocycles. The van der Waals surface area contributed by atoms with Gasteiger partial charge in [0, 0.05) is 51.2 Å². The van der Waals surface area contributed by atoms with Gasteiger partial charge in [-0.1, -0.05) is 0 Å². The lowest BCUT2D eigenvalue weighted by Gasteiger charge is -2.36. The van der Waals surface area contributed by atoms with Gasteiger partial charge in [0.25, 0.3) is 0 Å². The molecule has 1 aliphatic rings. The number of H-pyrrole nitrogens is 1. The van der Waals surface area contributed by atoms with E-state index in [0.717, 1.165) is 22.3 Å². The molecule has 1 amide bonds. The molecule has 1 saturated heterocycles. The zero-order valence-corrected chi connectivity index (χ0v) is 16.7. The molecule has 9 nitrogen and oxygen atoms in total. The van der Waals surface area contributed by atoms with Crippen molar-refractivity contribution < 1.29 is 9.53 Å². The third-order valence-electron chi connectivity index (χ3n) is 4.99. The number of amides is 1. The summed E-state index contributed by atoms with van der Waals surface area (Å²) in [5.41, 5.74) is 3.72.